The van der Waals surface area contributed by atoms with E-state index in [-0.39, 0.29) is 5.75 Å². The van der Waals surface area contributed by atoms with E-state index < -0.39 is 0 Å². The van der Waals surface area contributed by atoms with Crippen LogP contribution in [0, 0.1) is 20.8 Å². The van der Waals surface area contributed by atoms with E-state index in [0.29, 0.717) is 27.9 Å². The average molecular weight is 513 g/mol. The van der Waals surface area contributed by atoms with Gasteiger partial charge >= 0.3 is 0 Å². The summed E-state index contributed by atoms with van der Waals surface area (Å²) in [6.45, 7) is 6.14. The summed E-state index contributed by atoms with van der Waals surface area (Å²) in [6, 6.07) is 31.7. The van der Waals surface area contributed by atoms with Gasteiger partial charge in [-0.05, 0) is 75.4 Å². The Labute approximate surface area is 226 Å². The van der Waals surface area contributed by atoms with Gasteiger partial charge in [-0.15, -0.1) is 5.11 Å². The van der Waals surface area contributed by atoms with Crippen molar-refractivity contribution < 1.29 is 9.52 Å². The number of hydrogen-bond donors (Lipinski definition) is 3. The number of nitrogens with one attached hydrogen (secondary N) is 2. The number of fused-ring (bicyclic) bond motifs is 3. The number of rotatable bonds is 6. The monoisotopic (exact) mass is 512 g/mol. The van der Waals surface area contributed by atoms with Crippen LogP contribution in [0.4, 0.5) is 34.1 Å². The van der Waals surface area contributed by atoms with Crippen LogP contribution in [0.1, 0.15) is 16.7 Å². The maximum atomic E-state index is 11.0. The maximum absolute atomic E-state index is 11.0. The number of nitrogens with zero attached hydrogens (tertiary/aromatic N) is 2. The van der Waals surface area contributed by atoms with Crippen molar-refractivity contribution in [1.82, 2.24) is 0 Å². The lowest BCUT2D eigenvalue weighted by Crippen LogP contribution is -1.92. The van der Waals surface area contributed by atoms with Crippen molar-refractivity contribution >= 4 is 56.1 Å². The van der Waals surface area contributed by atoms with Gasteiger partial charge in [-0.25, -0.2) is 0 Å². The van der Waals surface area contributed by atoms with E-state index in [0.717, 1.165) is 39.3 Å². The minimum absolute atomic E-state index is 0.0261. The summed E-state index contributed by atoms with van der Waals surface area (Å²) in [6.07, 6.45) is 0. The molecule has 0 saturated carbocycles. The molecule has 0 amide bonds. The molecule has 0 saturated heterocycles. The van der Waals surface area contributed by atoms with Crippen LogP contribution in [0.2, 0.25) is 0 Å². The van der Waals surface area contributed by atoms with E-state index in [4.69, 9.17) is 9.53 Å². The number of hydrogen-bond acceptors (Lipinski definition) is 6. The number of aromatic hydroxyl groups is 1. The van der Waals surface area contributed by atoms with Crippen LogP contribution >= 0.6 is 0 Å². The van der Waals surface area contributed by atoms with E-state index in [1.807, 2.05) is 92.7 Å². The second-order valence-corrected chi connectivity index (χ2v) is 9.83. The molecule has 5 aromatic carbocycles. The second kappa shape index (κ2) is 9.99. The van der Waals surface area contributed by atoms with E-state index in [1.165, 1.54) is 5.56 Å². The molecule has 0 aliphatic carbocycles. The van der Waals surface area contributed by atoms with Gasteiger partial charge in [0.2, 0.25) is 0 Å². The van der Waals surface area contributed by atoms with Crippen LogP contribution in [-0.4, -0.2) is 5.11 Å². The molecule has 6 nitrogen and oxygen atoms in total. The molecule has 6 rings (SSSR count). The third-order valence-corrected chi connectivity index (χ3v) is 6.66. The van der Waals surface area contributed by atoms with Crippen molar-refractivity contribution in [2.24, 2.45) is 10.2 Å². The highest BCUT2D eigenvalue weighted by Crippen LogP contribution is 2.47. The Balaban J connectivity index is 1.52. The van der Waals surface area contributed by atoms with Crippen LogP contribution in [-0.2, 0) is 0 Å². The molecule has 1 aromatic heterocycles. The highest BCUT2D eigenvalue weighted by atomic mass is 16.4. The topological polar surface area (TPSA) is 82.2 Å². The van der Waals surface area contributed by atoms with Crippen molar-refractivity contribution in [2.75, 3.05) is 10.6 Å². The Bertz CT molecular complexity index is 1820. The molecule has 0 fully saturated rings. The van der Waals surface area contributed by atoms with E-state index in [9.17, 15) is 5.11 Å². The zero-order valence-electron chi connectivity index (χ0n) is 22.0. The first kappa shape index (κ1) is 24.2. The summed E-state index contributed by atoms with van der Waals surface area (Å²) in [5.41, 5.74) is 9.21. The van der Waals surface area contributed by atoms with Crippen LogP contribution < -0.4 is 10.6 Å². The van der Waals surface area contributed by atoms with Crippen LogP contribution in [0.5, 0.6) is 5.75 Å². The summed E-state index contributed by atoms with van der Waals surface area (Å²) in [5, 5.41) is 28.7. The van der Waals surface area contributed by atoms with Gasteiger partial charge in [0.25, 0.3) is 0 Å². The molecule has 39 heavy (non-hydrogen) atoms. The van der Waals surface area contributed by atoms with E-state index in [1.54, 1.807) is 6.07 Å². The lowest BCUT2D eigenvalue weighted by Gasteiger charge is -2.11. The zero-order chi connectivity index (χ0) is 26.9. The van der Waals surface area contributed by atoms with Crippen LogP contribution in [0.3, 0.4) is 0 Å². The Morgan fingerprint density at radius 2 is 1.18 bits per heavy atom. The fourth-order valence-corrected chi connectivity index (χ4v) is 4.51. The van der Waals surface area contributed by atoms with Crippen molar-refractivity contribution in [3.8, 4) is 5.75 Å². The largest absolute Gasteiger partial charge is 0.504 e. The number of azo groups is 1. The van der Waals surface area contributed by atoms with Crippen LogP contribution in [0.25, 0.3) is 21.9 Å². The minimum Gasteiger partial charge on any atom is -0.504 e. The molecule has 1 heterocycles. The van der Waals surface area contributed by atoms with Gasteiger partial charge in [-0.3, -0.25) is 0 Å². The first-order chi connectivity index (χ1) is 18.9. The van der Waals surface area contributed by atoms with Gasteiger partial charge in [0.05, 0.1) is 16.8 Å². The van der Waals surface area contributed by atoms with Gasteiger partial charge in [0.15, 0.2) is 11.3 Å². The van der Waals surface area contributed by atoms with Gasteiger partial charge in [0, 0.05) is 28.5 Å². The summed E-state index contributed by atoms with van der Waals surface area (Å²) >= 11 is 0. The third-order valence-electron chi connectivity index (χ3n) is 6.66. The van der Waals surface area contributed by atoms with E-state index in [2.05, 4.69) is 34.8 Å². The summed E-state index contributed by atoms with van der Waals surface area (Å²) in [5.74, 6) is 0.0261. The Morgan fingerprint density at radius 3 is 1.82 bits per heavy atom. The Kier molecular flexibility index (Phi) is 6.21. The lowest BCUT2D eigenvalue weighted by atomic mass is 10.1. The number of anilines is 4. The molecule has 3 N–H and O–H groups in total. The van der Waals surface area contributed by atoms with Crippen molar-refractivity contribution in [1.29, 1.82) is 0 Å². The molecule has 6 heteroatoms. The summed E-state index contributed by atoms with van der Waals surface area (Å²) in [4.78, 5) is 0. The first-order valence-electron chi connectivity index (χ1n) is 12.8. The molecule has 0 unspecified atom stereocenters. The average Bonchev–Trinajstić information content (AvgIpc) is 3.32. The molecule has 0 radical (unpaired) electrons. The van der Waals surface area contributed by atoms with Crippen molar-refractivity contribution in [2.45, 2.75) is 20.8 Å². The lowest BCUT2D eigenvalue weighted by molar-refractivity contribution is 0.469. The van der Waals surface area contributed by atoms with Gasteiger partial charge in [-0.2, -0.15) is 5.11 Å². The van der Waals surface area contributed by atoms with E-state index >= 15 is 0 Å². The maximum Gasteiger partial charge on any atom is 0.179 e. The number of aryl methyl sites for hydroxylation is 3. The molecule has 0 aliphatic heterocycles. The Morgan fingerprint density at radius 1 is 0.615 bits per heavy atom. The van der Waals surface area contributed by atoms with Crippen LogP contribution in [0.15, 0.2) is 112 Å². The summed E-state index contributed by atoms with van der Waals surface area (Å²) in [7, 11) is 0. The molecule has 6 aromatic rings. The number of phenols is 1. The Hall–Kier alpha value is -5.10. The molecule has 192 valence electrons. The number of phenolic OH excluding ortho intramolecular Hbond substituents is 1. The van der Waals surface area contributed by atoms with Gasteiger partial charge in [0.1, 0.15) is 11.3 Å². The third kappa shape index (κ3) is 5.05. The molecule has 0 bridgehead atoms. The fraction of sp³-hybridized carbons (Fsp3) is 0.0909. The SMILES string of the molecule is Cc1ccc(N=Nc2c(Nc3ccc(C)cc3)cc(O)c3oc4ccc(Nc5ccc(C)cc5)cc4c23)cc1. The zero-order valence-corrected chi connectivity index (χ0v) is 22.0. The second-order valence-electron chi connectivity index (χ2n) is 9.83. The highest BCUT2D eigenvalue weighted by Gasteiger charge is 2.20. The van der Waals surface area contributed by atoms with Crippen molar-refractivity contribution in [3.63, 3.8) is 0 Å². The minimum atomic E-state index is 0.0261. The molecule has 0 atom stereocenters. The predicted octanol–water partition coefficient (Wildman–Crippen LogP) is 10.1. The molecular weight excluding hydrogens is 484 g/mol. The standard InChI is InChI=1S/C33H28N4O2/c1-20-4-10-23(11-5-20)34-26-16-17-30-27(18-26)31-32(37-36-25-14-8-22(3)9-15-25)28(19-29(38)33(31)39-30)35-24-12-6-21(2)7-13-24/h4-19,34-35,38H,1-3H3. The first-order valence-corrected chi connectivity index (χ1v) is 12.8. The molecule has 0 aliphatic rings. The number of furan rings is 1. The molecule has 0 spiro atoms. The smallest absolute Gasteiger partial charge is 0.179 e. The fourth-order valence-electron chi connectivity index (χ4n) is 4.51. The molecular formula is C33H28N4O2. The number of benzene rings is 5. The summed E-state index contributed by atoms with van der Waals surface area (Å²) < 4.78 is 6.13. The van der Waals surface area contributed by atoms with Gasteiger partial charge < -0.3 is 20.2 Å². The highest BCUT2D eigenvalue weighted by molar-refractivity contribution is 6.16. The van der Waals surface area contributed by atoms with Gasteiger partial charge in [-0.1, -0.05) is 53.1 Å². The van der Waals surface area contributed by atoms with Crippen molar-refractivity contribution in [3.05, 3.63) is 114 Å². The predicted molar refractivity (Wildman–Crippen MR) is 160 cm³/mol. The quantitative estimate of drug-likeness (QED) is 0.194. The normalized spacial score (nSPS) is 11.5.